The Morgan fingerprint density at radius 3 is 2.50 bits per heavy atom. The molecule has 0 N–H and O–H groups in total. The molecule has 1 aromatic heterocycles. The van der Waals surface area contributed by atoms with E-state index in [-0.39, 0.29) is 5.78 Å². The fraction of sp³-hybridized carbons (Fsp3) is 0.154. The van der Waals surface area contributed by atoms with Crippen LogP contribution in [0.15, 0.2) is 29.6 Å². The predicted molar refractivity (Wildman–Crippen MR) is 72.3 cm³/mol. The highest BCUT2D eigenvalue weighted by atomic mass is 35.5. The summed E-state index contributed by atoms with van der Waals surface area (Å²) >= 11 is 7.42. The molecule has 18 heavy (non-hydrogen) atoms. The first-order valence-corrected chi connectivity index (χ1v) is 6.43. The van der Waals surface area contributed by atoms with Crippen molar-refractivity contribution in [1.29, 1.82) is 0 Å². The van der Waals surface area contributed by atoms with Crippen LogP contribution in [0.5, 0.6) is 11.5 Å². The Bertz CT molecular complexity index is 564. The van der Waals surface area contributed by atoms with Gasteiger partial charge < -0.3 is 9.47 Å². The standard InChI is InChI=1S/C13H11ClO3S/c1-16-10-7-11(17-2)9(14)6-8(10)13(15)12-4-3-5-18-12/h3-7H,1-2H3. The van der Waals surface area contributed by atoms with Crippen LogP contribution in [0.3, 0.4) is 0 Å². The van der Waals surface area contributed by atoms with Crippen LogP contribution in [-0.4, -0.2) is 20.0 Å². The van der Waals surface area contributed by atoms with Gasteiger partial charge in [-0.15, -0.1) is 11.3 Å². The molecule has 94 valence electrons. The first-order chi connectivity index (χ1) is 8.67. The number of benzene rings is 1. The molecule has 0 fully saturated rings. The lowest BCUT2D eigenvalue weighted by atomic mass is 10.1. The average Bonchev–Trinajstić information content (AvgIpc) is 2.91. The van der Waals surface area contributed by atoms with E-state index in [1.807, 2.05) is 11.4 Å². The minimum atomic E-state index is -0.105. The summed E-state index contributed by atoms with van der Waals surface area (Å²) in [6.07, 6.45) is 0. The molecule has 2 rings (SSSR count). The Kier molecular flexibility index (Phi) is 3.89. The van der Waals surface area contributed by atoms with Gasteiger partial charge in [-0.2, -0.15) is 0 Å². The van der Waals surface area contributed by atoms with Crippen molar-refractivity contribution < 1.29 is 14.3 Å². The summed E-state index contributed by atoms with van der Waals surface area (Å²) in [5, 5.41) is 2.24. The van der Waals surface area contributed by atoms with E-state index >= 15 is 0 Å². The molecule has 0 radical (unpaired) electrons. The molecule has 3 nitrogen and oxygen atoms in total. The highest BCUT2D eigenvalue weighted by molar-refractivity contribution is 7.12. The quantitative estimate of drug-likeness (QED) is 0.803. The first-order valence-electron chi connectivity index (χ1n) is 5.17. The van der Waals surface area contributed by atoms with E-state index in [1.54, 1.807) is 18.2 Å². The summed E-state index contributed by atoms with van der Waals surface area (Å²) in [4.78, 5) is 12.9. The van der Waals surface area contributed by atoms with Gasteiger partial charge in [0.25, 0.3) is 0 Å². The summed E-state index contributed by atoms with van der Waals surface area (Å²) in [5.41, 5.74) is 0.436. The van der Waals surface area contributed by atoms with Gasteiger partial charge in [0.1, 0.15) is 11.5 Å². The van der Waals surface area contributed by atoms with Gasteiger partial charge in [0.15, 0.2) is 0 Å². The van der Waals surface area contributed by atoms with Crippen LogP contribution in [-0.2, 0) is 0 Å². The molecule has 0 bridgehead atoms. The number of halogens is 1. The Hall–Kier alpha value is -1.52. The van der Waals surface area contributed by atoms with Gasteiger partial charge in [0, 0.05) is 6.07 Å². The molecule has 0 saturated heterocycles. The first kappa shape index (κ1) is 12.9. The second kappa shape index (κ2) is 5.42. The molecule has 0 aliphatic heterocycles. The van der Waals surface area contributed by atoms with E-state index in [0.29, 0.717) is 27.0 Å². The van der Waals surface area contributed by atoms with Crippen LogP contribution >= 0.6 is 22.9 Å². The fourth-order valence-corrected chi connectivity index (χ4v) is 2.50. The molecule has 0 aliphatic carbocycles. The van der Waals surface area contributed by atoms with E-state index in [1.165, 1.54) is 25.6 Å². The van der Waals surface area contributed by atoms with Crippen LogP contribution in [0.2, 0.25) is 5.02 Å². The van der Waals surface area contributed by atoms with Gasteiger partial charge in [-0.05, 0) is 17.5 Å². The molecule has 0 aliphatic rings. The van der Waals surface area contributed by atoms with Crippen molar-refractivity contribution in [2.24, 2.45) is 0 Å². The third kappa shape index (κ3) is 2.35. The highest BCUT2D eigenvalue weighted by Gasteiger charge is 2.18. The molecule has 0 saturated carbocycles. The van der Waals surface area contributed by atoms with Gasteiger partial charge in [-0.3, -0.25) is 4.79 Å². The third-order valence-corrected chi connectivity index (χ3v) is 3.63. The summed E-state index contributed by atoms with van der Waals surface area (Å²) in [5.74, 6) is 0.831. The molecule has 1 aromatic carbocycles. The lowest BCUT2D eigenvalue weighted by Gasteiger charge is -2.10. The van der Waals surface area contributed by atoms with Crippen LogP contribution in [0.25, 0.3) is 0 Å². The molecule has 0 spiro atoms. The lowest BCUT2D eigenvalue weighted by molar-refractivity contribution is 0.103. The van der Waals surface area contributed by atoms with Gasteiger partial charge in [-0.25, -0.2) is 0 Å². The van der Waals surface area contributed by atoms with Crippen molar-refractivity contribution in [3.05, 3.63) is 45.1 Å². The minimum absolute atomic E-state index is 0.105. The predicted octanol–water partition coefficient (Wildman–Crippen LogP) is 3.65. The molecule has 0 unspecified atom stereocenters. The molecule has 0 amide bonds. The number of ether oxygens (including phenoxy) is 2. The van der Waals surface area contributed by atoms with Crippen LogP contribution in [0.4, 0.5) is 0 Å². The zero-order valence-corrected chi connectivity index (χ0v) is 11.5. The molecule has 5 heteroatoms. The van der Waals surface area contributed by atoms with Crippen molar-refractivity contribution in [2.45, 2.75) is 0 Å². The highest BCUT2D eigenvalue weighted by Crippen LogP contribution is 2.34. The fourth-order valence-electron chi connectivity index (χ4n) is 1.58. The number of ketones is 1. The van der Waals surface area contributed by atoms with Crippen LogP contribution < -0.4 is 9.47 Å². The lowest BCUT2D eigenvalue weighted by Crippen LogP contribution is -2.03. The summed E-state index contributed by atoms with van der Waals surface area (Å²) in [7, 11) is 3.02. The van der Waals surface area contributed by atoms with E-state index in [0.717, 1.165) is 0 Å². The third-order valence-electron chi connectivity index (χ3n) is 2.46. The number of hydrogen-bond donors (Lipinski definition) is 0. The van der Waals surface area contributed by atoms with E-state index < -0.39 is 0 Å². The second-order valence-electron chi connectivity index (χ2n) is 3.49. The Morgan fingerprint density at radius 1 is 1.22 bits per heavy atom. The topological polar surface area (TPSA) is 35.5 Å². The number of rotatable bonds is 4. The zero-order valence-electron chi connectivity index (χ0n) is 9.90. The summed E-state index contributed by atoms with van der Waals surface area (Å²) < 4.78 is 10.3. The van der Waals surface area contributed by atoms with Crippen LogP contribution in [0.1, 0.15) is 15.2 Å². The normalized spacial score (nSPS) is 10.2. The second-order valence-corrected chi connectivity index (χ2v) is 4.85. The van der Waals surface area contributed by atoms with Crippen molar-refractivity contribution in [3.8, 4) is 11.5 Å². The van der Waals surface area contributed by atoms with Crippen LogP contribution in [0, 0.1) is 0 Å². The number of carbonyl (C=O) groups is 1. The maximum Gasteiger partial charge on any atom is 0.206 e. The van der Waals surface area contributed by atoms with Crippen molar-refractivity contribution >= 4 is 28.7 Å². The monoisotopic (exact) mass is 282 g/mol. The smallest absolute Gasteiger partial charge is 0.206 e. The average molecular weight is 283 g/mol. The Balaban J connectivity index is 2.50. The van der Waals surface area contributed by atoms with E-state index in [2.05, 4.69) is 0 Å². The van der Waals surface area contributed by atoms with Crippen molar-refractivity contribution in [3.63, 3.8) is 0 Å². The van der Waals surface area contributed by atoms with Gasteiger partial charge in [0.05, 0.1) is 29.7 Å². The SMILES string of the molecule is COc1cc(OC)c(C(=O)c2cccs2)cc1Cl. The van der Waals surface area contributed by atoms with Crippen molar-refractivity contribution in [2.75, 3.05) is 14.2 Å². The molecular weight excluding hydrogens is 272 g/mol. The largest absolute Gasteiger partial charge is 0.496 e. The minimum Gasteiger partial charge on any atom is -0.496 e. The number of carbonyl (C=O) groups excluding carboxylic acids is 1. The Morgan fingerprint density at radius 2 is 1.94 bits per heavy atom. The van der Waals surface area contributed by atoms with Crippen molar-refractivity contribution in [1.82, 2.24) is 0 Å². The van der Waals surface area contributed by atoms with Gasteiger partial charge >= 0.3 is 0 Å². The molecular formula is C13H11ClO3S. The molecule has 1 heterocycles. The Labute approximate surface area is 114 Å². The zero-order chi connectivity index (χ0) is 13.1. The number of hydrogen-bond acceptors (Lipinski definition) is 4. The van der Waals surface area contributed by atoms with Gasteiger partial charge in [0.2, 0.25) is 5.78 Å². The summed E-state index contributed by atoms with van der Waals surface area (Å²) in [6, 6.07) is 6.78. The number of thiophene rings is 1. The molecule has 2 aromatic rings. The number of methoxy groups -OCH3 is 2. The maximum atomic E-state index is 12.3. The maximum absolute atomic E-state index is 12.3. The van der Waals surface area contributed by atoms with E-state index in [4.69, 9.17) is 21.1 Å². The van der Waals surface area contributed by atoms with Gasteiger partial charge in [-0.1, -0.05) is 17.7 Å². The summed E-state index contributed by atoms with van der Waals surface area (Å²) in [6.45, 7) is 0. The molecule has 0 atom stereocenters. The van der Waals surface area contributed by atoms with E-state index in [9.17, 15) is 4.79 Å².